The van der Waals surface area contributed by atoms with Gasteiger partial charge in [-0.2, -0.15) is 0 Å². The molecule has 3 amide bonds. The second kappa shape index (κ2) is 9.28. The lowest BCUT2D eigenvalue weighted by Gasteiger charge is -2.48. The SMILES string of the molecule is CCOC(=O)[C@H]1[C@@H](O)C(=O)N(C(C)C)C12CCN(C(=O)c1ccc(NC(C)=O)cc1)CC2. The van der Waals surface area contributed by atoms with Crippen LogP contribution in [0.25, 0.3) is 0 Å². The second-order valence-corrected chi connectivity index (χ2v) is 8.63. The predicted octanol–water partition coefficient (Wildman–Crippen LogP) is 1.41. The number of piperidine rings is 1. The number of nitrogens with zero attached hydrogens (tertiary/aromatic N) is 2. The van der Waals surface area contributed by atoms with Crippen LogP contribution >= 0.6 is 0 Å². The van der Waals surface area contributed by atoms with Gasteiger partial charge in [0.05, 0.1) is 12.1 Å². The van der Waals surface area contributed by atoms with E-state index in [0.29, 0.717) is 37.2 Å². The molecule has 2 aliphatic heterocycles. The first-order valence-corrected chi connectivity index (χ1v) is 11.0. The number of aliphatic hydroxyl groups is 1. The Hall–Kier alpha value is -2.94. The van der Waals surface area contributed by atoms with Crippen LogP contribution in [0.15, 0.2) is 24.3 Å². The first-order valence-electron chi connectivity index (χ1n) is 11.0. The maximum Gasteiger partial charge on any atom is 0.314 e. The number of hydrogen-bond donors (Lipinski definition) is 2. The third-order valence-corrected chi connectivity index (χ3v) is 6.29. The number of ether oxygens (including phenoxy) is 1. The van der Waals surface area contributed by atoms with E-state index in [0.717, 1.165) is 0 Å². The molecule has 2 N–H and O–H groups in total. The van der Waals surface area contributed by atoms with Crippen LogP contribution in [0, 0.1) is 5.92 Å². The van der Waals surface area contributed by atoms with E-state index >= 15 is 0 Å². The van der Waals surface area contributed by atoms with Crippen LogP contribution in [0.4, 0.5) is 5.69 Å². The molecule has 2 fully saturated rings. The fourth-order valence-corrected chi connectivity index (χ4v) is 5.03. The van der Waals surface area contributed by atoms with E-state index in [-0.39, 0.29) is 24.5 Å². The first-order chi connectivity index (χ1) is 15.1. The molecular weight excluding hydrogens is 414 g/mol. The largest absolute Gasteiger partial charge is 0.466 e. The molecular formula is C23H31N3O6. The van der Waals surface area contributed by atoms with Gasteiger partial charge < -0.3 is 25.0 Å². The third kappa shape index (κ3) is 4.21. The van der Waals surface area contributed by atoms with E-state index in [9.17, 15) is 24.3 Å². The Kier molecular flexibility index (Phi) is 6.88. The minimum absolute atomic E-state index is 0.160. The zero-order valence-corrected chi connectivity index (χ0v) is 19.0. The molecule has 174 valence electrons. The Labute approximate surface area is 187 Å². The van der Waals surface area contributed by atoms with E-state index in [1.807, 2.05) is 13.8 Å². The molecule has 2 aliphatic rings. The van der Waals surface area contributed by atoms with Crippen LogP contribution in [0.1, 0.15) is 50.9 Å². The van der Waals surface area contributed by atoms with E-state index in [2.05, 4.69) is 5.32 Å². The molecule has 0 radical (unpaired) electrons. The zero-order chi connectivity index (χ0) is 23.6. The highest BCUT2D eigenvalue weighted by Gasteiger charge is 2.63. The van der Waals surface area contributed by atoms with Crippen LogP contribution < -0.4 is 5.32 Å². The number of hydrogen-bond acceptors (Lipinski definition) is 6. The van der Waals surface area contributed by atoms with Crippen molar-refractivity contribution in [2.45, 2.75) is 58.2 Å². The van der Waals surface area contributed by atoms with E-state index < -0.39 is 29.4 Å². The van der Waals surface area contributed by atoms with Crippen LogP contribution in [0.5, 0.6) is 0 Å². The van der Waals surface area contributed by atoms with Crippen molar-refractivity contribution >= 4 is 29.4 Å². The van der Waals surface area contributed by atoms with Gasteiger partial charge in [0.1, 0.15) is 12.0 Å². The van der Waals surface area contributed by atoms with E-state index in [4.69, 9.17) is 4.74 Å². The van der Waals surface area contributed by atoms with Crippen molar-refractivity contribution in [2.75, 3.05) is 25.0 Å². The average molecular weight is 446 g/mol. The van der Waals surface area contributed by atoms with Gasteiger partial charge >= 0.3 is 5.97 Å². The summed E-state index contributed by atoms with van der Waals surface area (Å²) in [7, 11) is 0. The number of amides is 3. The van der Waals surface area contributed by atoms with Gasteiger partial charge in [0.2, 0.25) is 5.91 Å². The highest BCUT2D eigenvalue weighted by Crippen LogP contribution is 2.45. The maximum absolute atomic E-state index is 13.0. The van der Waals surface area contributed by atoms with Crippen LogP contribution in [-0.2, 0) is 19.1 Å². The number of esters is 1. The summed E-state index contributed by atoms with van der Waals surface area (Å²) < 4.78 is 5.19. The summed E-state index contributed by atoms with van der Waals surface area (Å²) in [5.74, 6) is -2.38. The van der Waals surface area contributed by atoms with E-state index in [1.54, 1.807) is 41.0 Å². The fraction of sp³-hybridized carbons (Fsp3) is 0.565. The lowest BCUT2D eigenvalue weighted by molar-refractivity contribution is -0.156. The molecule has 2 saturated heterocycles. The van der Waals surface area contributed by atoms with Crippen molar-refractivity contribution in [3.8, 4) is 0 Å². The Morgan fingerprint density at radius 1 is 1.19 bits per heavy atom. The van der Waals surface area contributed by atoms with Gasteiger partial charge in [-0.05, 0) is 57.9 Å². The number of nitrogens with one attached hydrogen (secondary N) is 1. The number of benzene rings is 1. The minimum Gasteiger partial charge on any atom is -0.466 e. The second-order valence-electron chi connectivity index (χ2n) is 8.63. The molecule has 0 saturated carbocycles. The van der Waals surface area contributed by atoms with Crippen molar-refractivity contribution in [3.05, 3.63) is 29.8 Å². The highest BCUT2D eigenvalue weighted by molar-refractivity contribution is 5.96. The van der Waals surface area contributed by atoms with Gasteiger partial charge in [0.15, 0.2) is 0 Å². The number of carbonyl (C=O) groups is 4. The number of anilines is 1. The third-order valence-electron chi connectivity index (χ3n) is 6.29. The van der Waals surface area contributed by atoms with Gasteiger partial charge in [-0.3, -0.25) is 19.2 Å². The summed E-state index contributed by atoms with van der Waals surface area (Å²) >= 11 is 0. The summed E-state index contributed by atoms with van der Waals surface area (Å²) in [6.07, 6.45) is -0.708. The molecule has 2 atom stereocenters. The lowest BCUT2D eigenvalue weighted by Crippen LogP contribution is -2.60. The standard InChI is InChI=1S/C23H31N3O6/c1-5-32-22(31)18-19(28)21(30)26(14(2)3)23(18)10-12-25(13-11-23)20(29)16-6-8-17(9-7-16)24-15(4)27/h6-9,14,18-19,28H,5,10-13H2,1-4H3,(H,24,27)/t18-,19-/m1/s1. The number of rotatable bonds is 5. The van der Waals surface area contributed by atoms with Crippen LogP contribution in [-0.4, -0.2) is 76.0 Å². The van der Waals surface area contributed by atoms with Crippen molar-refractivity contribution in [3.63, 3.8) is 0 Å². The number of aliphatic hydroxyl groups excluding tert-OH is 1. The molecule has 0 bridgehead atoms. The molecule has 0 aromatic heterocycles. The van der Waals surface area contributed by atoms with Crippen molar-refractivity contribution in [1.82, 2.24) is 9.80 Å². The smallest absolute Gasteiger partial charge is 0.314 e. The topological polar surface area (TPSA) is 116 Å². The molecule has 32 heavy (non-hydrogen) atoms. The first kappa shape index (κ1) is 23.7. The summed E-state index contributed by atoms with van der Waals surface area (Å²) in [4.78, 5) is 53.1. The molecule has 1 spiro atoms. The maximum atomic E-state index is 13.0. The Morgan fingerprint density at radius 2 is 1.78 bits per heavy atom. The molecule has 2 heterocycles. The van der Waals surface area contributed by atoms with Crippen LogP contribution in [0.3, 0.4) is 0 Å². The van der Waals surface area contributed by atoms with E-state index in [1.165, 1.54) is 6.92 Å². The minimum atomic E-state index is -1.44. The molecule has 9 heteroatoms. The van der Waals surface area contributed by atoms with Crippen molar-refractivity contribution < 1.29 is 29.0 Å². The van der Waals surface area contributed by atoms with Gasteiger partial charge in [-0.1, -0.05) is 0 Å². The molecule has 3 rings (SSSR count). The highest BCUT2D eigenvalue weighted by atomic mass is 16.5. The lowest BCUT2D eigenvalue weighted by atomic mass is 9.75. The quantitative estimate of drug-likeness (QED) is 0.662. The van der Waals surface area contributed by atoms with Gasteiger partial charge in [0, 0.05) is 37.3 Å². The zero-order valence-electron chi connectivity index (χ0n) is 19.0. The molecule has 1 aromatic rings. The van der Waals surface area contributed by atoms with Crippen molar-refractivity contribution in [1.29, 1.82) is 0 Å². The molecule has 0 unspecified atom stereocenters. The average Bonchev–Trinajstić information content (AvgIpc) is 2.94. The van der Waals surface area contributed by atoms with Gasteiger partial charge in [0.25, 0.3) is 11.8 Å². The Morgan fingerprint density at radius 3 is 2.28 bits per heavy atom. The fourth-order valence-electron chi connectivity index (χ4n) is 5.03. The molecule has 0 aliphatic carbocycles. The van der Waals surface area contributed by atoms with Gasteiger partial charge in [-0.25, -0.2) is 0 Å². The monoisotopic (exact) mass is 445 g/mol. The van der Waals surface area contributed by atoms with Crippen molar-refractivity contribution in [2.24, 2.45) is 5.92 Å². The summed E-state index contributed by atoms with van der Waals surface area (Å²) in [5.41, 5.74) is 0.207. The normalized spacial score (nSPS) is 22.4. The Bertz CT molecular complexity index is 889. The predicted molar refractivity (Wildman–Crippen MR) is 117 cm³/mol. The summed E-state index contributed by atoms with van der Waals surface area (Å²) in [5, 5.41) is 13.3. The number of carbonyl (C=O) groups excluding carboxylic acids is 4. The Balaban J connectivity index is 1.80. The van der Waals surface area contributed by atoms with Gasteiger partial charge in [-0.15, -0.1) is 0 Å². The summed E-state index contributed by atoms with van der Waals surface area (Å²) in [6, 6.07) is 6.44. The number of likely N-dealkylation sites (tertiary alicyclic amines) is 2. The molecule has 1 aromatic carbocycles. The van der Waals surface area contributed by atoms with Crippen LogP contribution in [0.2, 0.25) is 0 Å². The molecule has 9 nitrogen and oxygen atoms in total. The summed E-state index contributed by atoms with van der Waals surface area (Å²) in [6.45, 7) is 7.65.